The van der Waals surface area contributed by atoms with Gasteiger partial charge in [0.1, 0.15) is 11.6 Å². The van der Waals surface area contributed by atoms with Crippen molar-refractivity contribution in [2.45, 2.75) is 20.4 Å². The summed E-state index contributed by atoms with van der Waals surface area (Å²) in [5.74, 6) is 0.298. The van der Waals surface area contributed by atoms with Crippen LogP contribution >= 0.6 is 0 Å². The minimum Gasteiger partial charge on any atom is -0.381 e. The standard InChI is InChI=1S/C13H12FN3O/c1-8-13(9(2)18-17-8)7-16-12-4-10(6-15)3-11(14)5-12/h3-5,16H,7H2,1-2H3. The fourth-order valence-electron chi connectivity index (χ4n) is 1.70. The van der Waals surface area contributed by atoms with Crippen LogP contribution in [0.4, 0.5) is 10.1 Å². The molecule has 1 aromatic heterocycles. The van der Waals surface area contributed by atoms with E-state index in [0.29, 0.717) is 12.2 Å². The Morgan fingerprint density at radius 3 is 2.78 bits per heavy atom. The maximum atomic E-state index is 13.2. The van der Waals surface area contributed by atoms with Crippen LogP contribution in [0.1, 0.15) is 22.6 Å². The first-order chi connectivity index (χ1) is 8.60. The van der Waals surface area contributed by atoms with E-state index in [1.165, 1.54) is 12.1 Å². The topological polar surface area (TPSA) is 61.9 Å². The summed E-state index contributed by atoms with van der Waals surface area (Å²) >= 11 is 0. The van der Waals surface area contributed by atoms with Crippen molar-refractivity contribution in [3.05, 3.63) is 46.6 Å². The number of nitriles is 1. The fourth-order valence-corrected chi connectivity index (χ4v) is 1.70. The molecule has 0 aliphatic heterocycles. The highest BCUT2D eigenvalue weighted by Gasteiger charge is 2.08. The fraction of sp³-hybridized carbons (Fsp3) is 0.231. The molecule has 4 nitrogen and oxygen atoms in total. The number of benzene rings is 1. The van der Waals surface area contributed by atoms with Crippen LogP contribution in [0, 0.1) is 31.0 Å². The Hall–Kier alpha value is -2.35. The van der Waals surface area contributed by atoms with Crippen molar-refractivity contribution in [1.82, 2.24) is 5.16 Å². The monoisotopic (exact) mass is 245 g/mol. The molecular formula is C13H12FN3O. The second-order valence-corrected chi connectivity index (χ2v) is 4.00. The maximum absolute atomic E-state index is 13.2. The highest BCUT2D eigenvalue weighted by atomic mass is 19.1. The molecule has 0 saturated heterocycles. The maximum Gasteiger partial charge on any atom is 0.138 e. The van der Waals surface area contributed by atoms with Crippen molar-refractivity contribution < 1.29 is 8.91 Å². The van der Waals surface area contributed by atoms with Crippen LogP contribution in [0.25, 0.3) is 0 Å². The normalized spacial score (nSPS) is 10.1. The van der Waals surface area contributed by atoms with E-state index in [2.05, 4.69) is 10.5 Å². The zero-order valence-corrected chi connectivity index (χ0v) is 10.1. The van der Waals surface area contributed by atoms with E-state index >= 15 is 0 Å². The van der Waals surface area contributed by atoms with Gasteiger partial charge in [0.15, 0.2) is 0 Å². The zero-order valence-electron chi connectivity index (χ0n) is 10.1. The van der Waals surface area contributed by atoms with Crippen molar-refractivity contribution in [2.24, 2.45) is 0 Å². The Labute approximate surface area is 104 Å². The van der Waals surface area contributed by atoms with Gasteiger partial charge in [0.25, 0.3) is 0 Å². The first kappa shape index (κ1) is 12.1. The van der Waals surface area contributed by atoms with Crippen LogP contribution in [0.15, 0.2) is 22.7 Å². The molecule has 0 unspecified atom stereocenters. The third-order valence-electron chi connectivity index (χ3n) is 2.68. The molecule has 0 spiro atoms. The summed E-state index contributed by atoms with van der Waals surface area (Å²) in [6, 6.07) is 6.05. The first-order valence-corrected chi connectivity index (χ1v) is 5.46. The lowest BCUT2D eigenvalue weighted by Crippen LogP contribution is -2.02. The van der Waals surface area contributed by atoms with Crippen LogP contribution < -0.4 is 5.32 Å². The van der Waals surface area contributed by atoms with E-state index in [1.54, 1.807) is 6.07 Å². The van der Waals surface area contributed by atoms with Crippen LogP contribution in [0.2, 0.25) is 0 Å². The molecule has 2 aromatic rings. The van der Waals surface area contributed by atoms with Crippen LogP contribution in [-0.2, 0) is 6.54 Å². The number of aryl methyl sites for hydroxylation is 2. The Bertz CT molecular complexity index is 594. The van der Waals surface area contributed by atoms with Gasteiger partial charge in [0, 0.05) is 17.8 Å². The van der Waals surface area contributed by atoms with Crippen molar-refractivity contribution in [1.29, 1.82) is 5.26 Å². The highest BCUT2D eigenvalue weighted by molar-refractivity contribution is 5.50. The second-order valence-electron chi connectivity index (χ2n) is 4.00. The molecule has 0 radical (unpaired) electrons. The molecule has 0 aliphatic carbocycles. The Morgan fingerprint density at radius 1 is 1.39 bits per heavy atom. The number of nitrogens with one attached hydrogen (secondary N) is 1. The van der Waals surface area contributed by atoms with Gasteiger partial charge in [0.2, 0.25) is 0 Å². The van der Waals surface area contributed by atoms with Gasteiger partial charge in [-0.15, -0.1) is 0 Å². The molecule has 0 amide bonds. The van der Waals surface area contributed by atoms with Gasteiger partial charge in [-0.1, -0.05) is 5.16 Å². The second kappa shape index (κ2) is 4.88. The molecule has 0 atom stereocenters. The first-order valence-electron chi connectivity index (χ1n) is 5.46. The van der Waals surface area contributed by atoms with E-state index < -0.39 is 5.82 Å². The van der Waals surface area contributed by atoms with Gasteiger partial charge in [-0.3, -0.25) is 0 Å². The molecule has 0 fully saturated rings. The number of halogens is 1. The van der Waals surface area contributed by atoms with E-state index in [0.717, 1.165) is 17.0 Å². The molecule has 18 heavy (non-hydrogen) atoms. The Balaban J connectivity index is 2.16. The Morgan fingerprint density at radius 2 is 2.17 bits per heavy atom. The Kier molecular flexibility index (Phi) is 3.28. The molecule has 1 aromatic carbocycles. The van der Waals surface area contributed by atoms with Gasteiger partial charge in [-0.2, -0.15) is 5.26 Å². The zero-order chi connectivity index (χ0) is 13.1. The highest BCUT2D eigenvalue weighted by Crippen LogP contribution is 2.17. The number of aromatic nitrogens is 1. The van der Waals surface area contributed by atoms with E-state index in [4.69, 9.17) is 9.78 Å². The predicted molar refractivity (Wildman–Crippen MR) is 64.4 cm³/mol. The van der Waals surface area contributed by atoms with E-state index in [-0.39, 0.29) is 5.56 Å². The van der Waals surface area contributed by atoms with Crippen LogP contribution in [-0.4, -0.2) is 5.16 Å². The number of nitrogens with zero attached hydrogens (tertiary/aromatic N) is 2. The summed E-state index contributed by atoms with van der Waals surface area (Å²) in [6.45, 7) is 4.15. The van der Waals surface area contributed by atoms with Crippen molar-refractivity contribution in [3.63, 3.8) is 0 Å². The van der Waals surface area contributed by atoms with Gasteiger partial charge >= 0.3 is 0 Å². The summed E-state index contributed by atoms with van der Waals surface area (Å²) in [4.78, 5) is 0. The summed E-state index contributed by atoms with van der Waals surface area (Å²) in [5.41, 5.74) is 2.59. The van der Waals surface area contributed by atoms with Gasteiger partial charge in [-0.05, 0) is 32.0 Å². The number of anilines is 1. The predicted octanol–water partition coefficient (Wildman–Crippen LogP) is 2.91. The lowest BCUT2D eigenvalue weighted by molar-refractivity contribution is 0.392. The molecule has 0 bridgehead atoms. The lowest BCUT2D eigenvalue weighted by atomic mass is 10.2. The van der Waals surface area contributed by atoms with Crippen LogP contribution in [0.5, 0.6) is 0 Å². The lowest BCUT2D eigenvalue weighted by Gasteiger charge is -2.06. The largest absolute Gasteiger partial charge is 0.381 e. The summed E-state index contributed by atoms with van der Waals surface area (Å²) in [5, 5.41) is 15.6. The minimum absolute atomic E-state index is 0.288. The molecule has 0 saturated carbocycles. The van der Waals surface area contributed by atoms with E-state index in [9.17, 15) is 4.39 Å². The average Bonchev–Trinajstić information content (AvgIpc) is 2.66. The summed E-state index contributed by atoms with van der Waals surface area (Å²) in [6.07, 6.45) is 0. The van der Waals surface area contributed by atoms with Gasteiger partial charge < -0.3 is 9.84 Å². The summed E-state index contributed by atoms with van der Waals surface area (Å²) < 4.78 is 18.3. The smallest absolute Gasteiger partial charge is 0.138 e. The molecule has 2 rings (SSSR count). The third-order valence-corrected chi connectivity index (χ3v) is 2.68. The number of rotatable bonds is 3. The summed E-state index contributed by atoms with van der Waals surface area (Å²) in [7, 11) is 0. The molecule has 92 valence electrons. The van der Waals surface area contributed by atoms with Crippen molar-refractivity contribution in [3.8, 4) is 6.07 Å². The molecular weight excluding hydrogens is 233 g/mol. The third kappa shape index (κ3) is 2.48. The number of hydrogen-bond acceptors (Lipinski definition) is 4. The van der Waals surface area contributed by atoms with Gasteiger partial charge in [0.05, 0.1) is 17.3 Å². The molecule has 0 aliphatic rings. The molecule has 1 N–H and O–H groups in total. The SMILES string of the molecule is Cc1noc(C)c1CNc1cc(F)cc(C#N)c1. The van der Waals surface area contributed by atoms with Crippen LogP contribution in [0.3, 0.4) is 0 Å². The van der Waals surface area contributed by atoms with E-state index in [1.807, 2.05) is 19.9 Å². The molecule has 5 heteroatoms. The molecule has 1 heterocycles. The average molecular weight is 245 g/mol. The van der Waals surface area contributed by atoms with Crippen molar-refractivity contribution >= 4 is 5.69 Å². The number of hydrogen-bond donors (Lipinski definition) is 1. The quantitative estimate of drug-likeness (QED) is 0.903. The minimum atomic E-state index is -0.435. The van der Waals surface area contributed by atoms with Gasteiger partial charge in [-0.25, -0.2) is 4.39 Å². The van der Waals surface area contributed by atoms with Crippen molar-refractivity contribution in [2.75, 3.05) is 5.32 Å².